The van der Waals surface area contributed by atoms with Gasteiger partial charge in [-0.25, -0.2) is 4.68 Å². The second-order valence-electron chi connectivity index (χ2n) is 8.47. The van der Waals surface area contributed by atoms with E-state index in [9.17, 15) is 9.59 Å². The fourth-order valence-corrected chi connectivity index (χ4v) is 4.56. The first-order chi connectivity index (χ1) is 18.3. The normalized spacial score (nSPS) is 12.0. The molecule has 0 spiro atoms. The van der Waals surface area contributed by atoms with Gasteiger partial charge in [-0.05, 0) is 50.2 Å². The summed E-state index contributed by atoms with van der Waals surface area (Å²) in [7, 11) is 1.78. The maximum Gasteiger partial charge on any atom is 0.295 e. The van der Waals surface area contributed by atoms with Crippen LogP contribution in [0.15, 0.2) is 70.2 Å². The molecule has 1 unspecified atom stereocenters. The molecule has 0 radical (unpaired) electrons. The fourth-order valence-electron chi connectivity index (χ4n) is 3.84. The van der Waals surface area contributed by atoms with Gasteiger partial charge in [0.15, 0.2) is 0 Å². The minimum absolute atomic E-state index is 0.255. The van der Waals surface area contributed by atoms with Gasteiger partial charge in [0.2, 0.25) is 23.6 Å². The standard InChI is InChI=1S/C25H25N9O3S/c1-15-21(24(36)34(32(15)3)19-7-5-4-6-8-19)30-23(35)16(2)38-13-20-29-22(31-37-20)17-9-11-18(12-10-17)33-25(26)27-14-28-33/h4-12,14,16H,13H2,1-3H3,(H,30,35)(H2,26,27,28). The largest absolute Gasteiger partial charge is 0.368 e. The topological polar surface area (TPSA) is 152 Å². The van der Waals surface area contributed by atoms with Gasteiger partial charge in [0.05, 0.1) is 28.1 Å². The smallest absolute Gasteiger partial charge is 0.295 e. The number of carbonyl (C=O) groups excluding carboxylic acids is 1. The van der Waals surface area contributed by atoms with Crippen LogP contribution in [-0.2, 0) is 17.6 Å². The Kier molecular flexibility index (Phi) is 6.83. The Labute approximate surface area is 221 Å². The van der Waals surface area contributed by atoms with Crippen molar-refractivity contribution in [3.8, 4) is 22.8 Å². The summed E-state index contributed by atoms with van der Waals surface area (Å²) in [6.45, 7) is 3.56. The molecule has 0 aliphatic carbocycles. The van der Waals surface area contributed by atoms with Crippen molar-refractivity contribution in [3.63, 3.8) is 0 Å². The van der Waals surface area contributed by atoms with Gasteiger partial charge in [0, 0.05) is 12.6 Å². The van der Waals surface area contributed by atoms with Gasteiger partial charge >= 0.3 is 0 Å². The molecule has 2 aromatic carbocycles. The number of hydrogen-bond donors (Lipinski definition) is 2. The van der Waals surface area contributed by atoms with E-state index in [1.807, 2.05) is 54.6 Å². The number of thioether (sulfide) groups is 1. The van der Waals surface area contributed by atoms with E-state index in [2.05, 4.69) is 25.5 Å². The molecule has 13 heteroatoms. The first-order valence-electron chi connectivity index (χ1n) is 11.7. The first-order valence-corrected chi connectivity index (χ1v) is 12.7. The predicted molar refractivity (Wildman–Crippen MR) is 144 cm³/mol. The van der Waals surface area contributed by atoms with Crippen molar-refractivity contribution in [3.05, 3.63) is 82.9 Å². The summed E-state index contributed by atoms with van der Waals surface area (Å²) in [5.41, 5.74) is 8.65. The van der Waals surface area contributed by atoms with E-state index in [1.54, 1.807) is 25.6 Å². The zero-order valence-corrected chi connectivity index (χ0v) is 21.7. The van der Waals surface area contributed by atoms with Gasteiger partial charge in [0.1, 0.15) is 12.0 Å². The van der Waals surface area contributed by atoms with Gasteiger partial charge in [-0.15, -0.1) is 11.8 Å². The number of anilines is 2. The molecule has 1 amide bonds. The molecule has 0 saturated carbocycles. The highest BCUT2D eigenvalue weighted by molar-refractivity contribution is 7.99. The van der Waals surface area contributed by atoms with Crippen molar-refractivity contribution in [1.29, 1.82) is 0 Å². The number of hydrogen-bond acceptors (Lipinski definition) is 9. The van der Waals surface area contributed by atoms with Crippen LogP contribution in [0.5, 0.6) is 0 Å². The predicted octanol–water partition coefficient (Wildman–Crippen LogP) is 2.96. The average Bonchev–Trinajstić information content (AvgIpc) is 3.63. The summed E-state index contributed by atoms with van der Waals surface area (Å²) in [4.78, 5) is 34.3. The zero-order chi connectivity index (χ0) is 26.8. The third kappa shape index (κ3) is 4.83. The van der Waals surface area contributed by atoms with Crippen LogP contribution in [0, 0.1) is 6.92 Å². The van der Waals surface area contributed by atoms with Crippen molar-refractivity contribution >= 4 is 29.3 Å². The van der Waals surface area contributed by atoms with Crippen molar-refractivity contribution in [2.24, 2.45) is 7.05 Å². The summed E-state index contributed by atoms with van der Waals surface area (Å²) >= 11 is 1.33. The summed E-state index contributed by atoms with van der Waals surface area (Å²) in [6, 6.07) is 16.6. The molecule has 0 aliphatic heterocycles. The van der Waals surface area contributed by atoms with Crippen LogP contribution in [0.2, 0.25) is 0 Å². The molecule has 0 bridgehead atoms. The Morgan fingerprint density at radius 1 is 1.13 bits per heavy atom. The molecule has 0 aliphatic rings. The van der Waals surface area contributed by atoms with E-state index in [0.29, 0.717) is 29.1 Å². The number of nitrogens with two attached hydrogens (primary N) is 1. The van der Waals surface area contributed by atoms with Crippen molar-refractivity contribution in [2.75, 3.05) is 11.1 Å². The number of nitrogen functional groups attached to an aromatic ring is 1. The SMILES string of the molecule is Cc1c(NC(=O)C(C)SCc2nc(-c3ccc(-n4ncnc4N)cc3)no2)c(=O)n(-c2ccccc2)n1C. The number of nitrogens with zero attached hydrogens (tertiary/aromatic N) is 7. The van der Waals surface area contributed by atoms with Gasteiger partial charge in [-0.1, -0.05) is 23.4 Å². The van der Waals surface area contributed by atoms with Gasteiger partial charge in [-0.2, -0.15) is 19.7 Å². The quantitative estimate of drug-likeness (QED) is 0.308. The summed E-state index contributed by atoms with van der Waals surface area (Å²) in [6.07, 6.45) is 1.38. The Balaban J connectivity index is 1.22. The minimum Gasteiger partial charge on any atom is -0.368 e. The third-order valence-electron chi connectivity index (χ3n) is 6.04. The number of nitrogens with one attached hydrogen (secondary N) is 1. The highest BCUT2D eigenvalue weighted by Crippen LogP contribution is 2.23. The lowest BCUT2D eigenvalue weighted by molar-refractivity contribution is -0.115. The lowest BCUT2D eigenvalue weighted by Gasteiger charge is -2.10. The molecule has 38 heavy (non-hydrogen) atoms. The molecule has 3 heterocycles. The van der Waals surface area contributed by atoms with Crippen LogP contribution in [0.25, 0.3) is 22.8 Å². The van der Waals surface area contributed by atoms with E-state index in [4.69, 9.17) is 10.3 Å². The third-order valence-corrected chi connectivity index (χ3v) is 7.17. The molecule has 0 fully saturated rings. The summed E-state index contributed by atoms with van der Waals surface area (Å²) in [5, 5.41) is 10.4. The molecule has 5 rings (SSSR count). The Morgan fingerprint density at radius 2 is 1.87 bits per heavy atom. The minimum atomic E-state index is -0.470. The van der Waals surface area contributed by atoms with Crippen molar-refractivity contribution in [2.45, 2.75) is 24.9 Å². The van der Waals surface area contributed by atoms with Gasteiger partial charge in [0.25, 0.3) is 5.56 Å². The van der Waals surface area contributed by atoms with Crippen LogP contribution in [-0.4, -0.2) is 45.4 Å². The fraction of sp³-hybridized carbons (Fsp3) is 0.200. The van der Waals surface area contributed by atoms with E-state index >= 15 is 0 Å². The molecule has 12 nitrogen and oxygen atoms in total. The molecule has 1 atom stereocenters. The van der Waals surface area contributed by atoms with E-state index in [-0.39, 0.29) is 17.2 Å². The van der Waals surface area contributed by atoms with Crippen LogP contribution in [0.3, 0.4) is 0 Å². The van der Waals surface area contributed by atoms with E-state index in [0.717, 1.165) is 16.9 Å². The number of aromatic nitrogens is 7. The lowest BCUT2D eigenvalue weighted by atomic mass is 10.2. The second kappa shape index (κ2) is 10.4. The Morgan fingerprint density at radius 3 is 2.55 bits per heavy atom. The molecule has 3 N–H and O–H groups in total. The van der Waals surface area contributed by atoms with Crippen LogP contribution < -0.4 is 16.6 Å². The average molecular weight is 532 g/mol. The van der Waals surface area contributed by atoms with Crippen LogP contribution >= 0.6 is 11.8 Å². The van der Waals surface area contributed by atoms with Gasteiger partial charge in [-0.3, -0.25) is 14.3 Å². The second-order valence-corrected chi connectivity index (χ2v) is 9.80. The number of carbonyl (C=O) groups is 1. The highest BCUT2D eigenvalue weighted by atomic mass is 32.2. The maximum absolute atomic E-state index is 13.1. The summed E-state index contributed by atoms with van der Waals surface area (Å²) < 4.78 is 10.1. The maximum atomic E-state index is 13.1. The molecule has 5 aromatic rings. The lowest BCUT2D eigenvalue weighted by Crippen LogP contribution is -2.27. The molecular formula is C25H25N9O3S. The van der Waals surface area contributed by atoms with E-state index in [1.165, 1.54) is 27.5 Å². The number of para-hydroxylation sites is 1. The Bertz CT molecular complexity index is 1630. The molecule has 194 valence electrons. The zero-order valence-electron chi connectivity index (χ0n) is 20.9. The monoisotopic (exact) mass is 531 g/mol. The molecule has 3 aromatic heterocycles. The number of rotatable bonds is 8. The van der Waals surface area contributed by atoms with Gasteiger partial charge < -0.3 is 15.6 Å². The van der Waals surface area contributed by atoms with Crippen LogP contribution in [0.4, 0.5) is 11.6 Å². The number of benzene rings is 2. The molecular weight excluding hydrogens is 506 g/mol. The molecule has 0 saturated heterocycles. The van der Waals surface area contributed by atoms with Crippen molar-refractivity contribution < 1.29 is 9.32 Å². The van der Waals surface area contributed by atoms with Crippen LogP contribution in [0.1, 0.15) is 18.5 Å². The first kappa shape index (κ1) is 25.0. The highest BCUT2D eigenvalue weighted by Gasteiger charge is 2.22. The Hall–Kier alpha value is -4.65. The number of amides is 1. The van der Waals surface area contributed by atoms with E-state index < -0.39 is 5.25 Å². The van der Waals surface area contributed by atoms with Crippen molar-refractivity contribution in [1.82, 2.24) is 34.3 Å². The summed E-state index contributed by atoms with van der Waals surface area (Å²) in [5.74, 6) is 1.15.